The van der Waals surface area contributed by atoms with Crippen molar-refractivity contribution in [2.75, 3.05) is 26.4 Å². The summed E-state index contributed by atoms with van der Waals surface area (Å²) in [5.41, 5.74) is 1.25. The first-order valence-electron chi connectivity index (χ1n) is 7.81. The van der Waals surface area contributed by atoms with Crippen LogP contribution in [-0.4, -0.2) is 37.3 Å². The van der Waals surface area contributed by atoms with E-state index in [-0.39, 0.29) is 0 Å². The molecule has 1 aromatic carbocycles. The predicted octanol–water partition coefficient (Wildman–Crippen LogP) is 2.87. The van der Waals surface area contributed by atoms with E-state index in [4.69, 9.17) is 4.74 Å². The van der Waals surface area contributed by atoms with Gasteiger partial charge in [0.2, 0.25) is 0 Å². The van der Waals surface area contributed by atoms with Crippen LogP contribution >= 0.6 is 0 Å². The van der Waals surface area contributed by atoms with Gasteiger partial charge < -0.3 is 10.1 Å². The van der Waals surface area contributed by atoms with Gasteiger partial charge >= 0.3 is 0 Å². The van der Waals surface area contributed by atoms with Crippen LogP contribution in [0.3, 0.4) is 0 Å². The molecule has 1 aliphatic heterocycles. The van der Waals surface area contributed by atoms with Crippen LogP contribution < -0.4 is 5.32 Å². The fourth-order valence-corrected chi connectivity index (χ4v) is 2.70. The molecule has 3 heteroatoms. The lowest BCUT2D eigenvalue weighted by Gasteiger charge is -2.32. The van der Waals surface area contributed by atoms with E-state index in [1.54, 1.807) is 0 Å². The van der Waals surface area contributed by atoms with Crippen molar-refractivity contribution < 1.29 is 4.74 Å². The Morgan fingerprint density at radius 3 is 2.85 bits per heavy atom. The predicted molar refractivity (Wildman–Crippen MR) is 83.5 cm³/mol. The molecule has 1 unspecified atom stereocenters. The largest absolute Gasteiger partial charge is 0.361 e. The first-order chi connectivity index (χ1) is 9.74. The van der Waals surface area contributed by atoms with E-state index in [1.807, 2.05) is 6.07 Å². The number of nitrogens with zero attached hydrogens (tertiary/aromatic N) is 1. The van der Waals surface area contributed by atoms with Gasteiger partial charge in [-0.3, -0.25) is 4.90 Å². The lowest BCUT2D eigenvalue weighted by atomic mass is 9.98. The average Bonchev–Trinajstić information content (AvgIpc) is 2.47. The van der Waals surface area contributed by atoms with E-state index >= 15 is 0 Å². The van der Waals surface area contributed by atoms with Gasteiger partial charge in [-0.2, -0.15) is 0 Å². The van der Waals surface area contributed by atoms with Crippen molar-refractivity contribution >= 4 is 0 Å². The van der Waals surface area contributed by atoms with Crippen molar-refractivity contribution in [2.24, 2.45) is 5.92 Å². The summed E-state index contributed by atoms with van der Waals surface area (Å²) < 4.78 is 5.84. The SMILES string of the molecule is CC(C)NCC1CCCN(COCc2ccccc2)C1. The van der Waals surface area contributed by atoms with Crippen LogP contribution in [0.25, 0.3) is 0 Å². The summed E-state index contributed by atoms with van der Waals surface area (Å²) in [6.45, 7) is 9.36. The summed E-state index contributed by atoms with van der Waals surface area (Å²) in [7, 11) is 0. The van der Waals surface area contributed by atoms with Gasteiger partial charge in [0.25, 0.3) is 0 Å². The number of benzene rings is 1. The van der Waals surface area contributed by atoms with Crippen molar-refractivity contribution in [1.29, 1.82) is 0 Å². The Kier molecular flexibility index (Phi) is 6.51. The Bertz CT molecular complexity index is 367. The Hall–Kier alpha value is -0.900. The quantitative estimate of drug-likeness (QED) is 0.829. The highest BCUT2D eigenvalue weighted by molar-refractivity contribution is 5.13. The van der Waals surface area contributed by atoms with Crippen molar-refractivity contribution in [2.45, 2.75) is 39.3 Å². The minimum absolute atomic E-state index is 0.583. The molecule has 3 nitrogen and oxygen atoms in total. The van der Waals surface area contributed by atoms with E-state index in [0.717, 1.165) is 25.7 Å². The van der Waals surface area contributed by atoms with E-state index in [2.05, 4.69) is 48.3 Å². The maximum absolute atomic E-state index is 5.84. The third kappa shape index (κ3) is 5.61. The number of rotatable bonds is 7. The number of piperidine rings is 1. The summed E-state index contributed by atoms with van der Waals surface area (Å²) in [4.78, 5) is 2.44. The molecule has 0 bridgehead atoms. The molecule has 1 N–H and O–H groups in total. The smallest absolute Gasteiger partial charge is 0.0994 e. The normalized spacial score (nSPS) is 20.4. The van der Waals surface area contributed by atoms with Crippen LogP contribution in [0.15, 0.2) is 30.3 Å². The summed E-state index contributed by atoms with van der Waals surface area (Å²) >= 11 is 0. The molecule has 0 aromatic heterocycles. The molecule has 2 rings (SSSR count). The second kappa shape index (κ2) is 8.40. The van der Waals surface area contributed by atoms with Gasteiger partial charge in [-0.15, -0.1) is 0 Å². The molecule has 1 aromatic rings. The second-order valence-electron chi connectivity index (χ2n) is 6.11. The minimum atomic E-state index is 0.583. The second-order valence-corrected chi connectivity index (χ2v) is 6.11. The van der Waals surface area contributed by atoms with Crippen molar-refractivity contribution in [1.82, 2.24) is 10.2 Å². The highest BCUT2D eigenvalue weighted by atomic mass is 16.5. The molecule has 0 spiro atoms. The maximum atomic E-state index is 5.84. The number of ether oxygens (including phenoxy) is 1. The molecule has 1 aliphatic rings. The Balaban J connectivity index is 1.65. The third-order valence-corrected chi connectivity index (χ3v) is 3.80. The molecule has 1 fully saturated rings. The van der Waals surface area contributed by atoms with Crippen LogP contribution in [0, 0.1) is 5.92 Å². The molecule has 1 heterocycles. The van der Waals surface area contributed by atoms with Crippen LogP contribution in [0.1, 0.15) is 32.3 Å². The first kappa shape index (κ1) is 15.5. The van der Waals surface area contributed by atoms with E-state index in [0.29, 0.717) is 12.6 Å². The third-order valence-electron chi connectivity index (χ3n) is 3.80. The highest BCUT2D eigenvalue weighted by Gasteiger charge is 2.19. The van der Waals surface area contributed by atoms with Crippen molar-refractivity contribution in [3.8, 4) is 0 Å². The van der Waals surface area contributed by atoms with Gasteiger partial charge in [0, 0.05) is 19.1 Å². The van der Waals surface area contributed by atoms with Gasteiger partial charge in [0.1, 0.15) is 0 Å². The molecule has 112 valence electrons. The Labute approximate surface area is 123 Å². The van der Waals surface area contributed by atoms with E-state index < -0.39 is 0 Å². The van der Waals surface area contributed by atoms with Gasteiger partial charge in [-0.25, -0.2) is 0 Å². The van der Waals surface area contributed by atoms with Gasteiger partial charge in [-0.05, 0) is 30.9 Å². The van der Waals surface area contributed by atoms with Crippen LogP contribution in [0.5, 0.6) is 0 Å². The van der Waals surface area contributed by atoms with Gasteiger partial charge in [0.15, 0.2) is 0 Å². The summed E-state index contributed by atoms with van der Waals surface area (Å²) in [6.07, 6.45) is 2.63. The zero-order chi connectivity index (χ0) is 14.2. The van der Waals surface area contributed by atoms with Crippen LogP contribution in [-0.2, 0) is 11.3 Å². The molecular formula is C17H28N2O. The van der Waals surface area contributed by atoms with Gasteiger partial charge in [-0.1, -0.05) is 44.2 Å². The molecule has 1 atom stereocenters. The lowest BCUT2D eigenvalue weighted by molar-refractivity contribution is -0.00189. The molecule has 0 amide bonds. The maximum Gasteiger partial charge on any atom is 0.0994 e. The van der Waals surface area contributed by atoms with E-state index in [9.17, 15) is 0 Å². The molecule has 20 heavy (non-hydrogen) atoms. The minimum Gasteiger partial charge on any atom is -0.361 e. The fourth-order valence-electron chi connectivity index (χ4n) is 2.70. The van der Waals surface area contributed by atoms with Crippen molar-refractivity contribution in [3.63, 3.8) is 0 Å². The topological polar surface area (TPSA) is 24.5 Å². The molecule has 0 radical (unpaired) electrons. The molecular weight excluding hydrogens is 248 g/mol. The Morgan fingerprint density at radius 2 is 2.10 bits per heavy atom. The standard InChI is InChI=1S/C17H28N2O/c1-15(2)18-11-17-9-6-10-19(12-17)14-20-13-16-7-4-3-5-8-16/h3-5,7-8,15,17-18H,6,9-14H2,1-2H3. The number of hydrogen-bond donors (Lipinski definition) is 1. The summed E-state index contributed by atoms with van der Waals surface area (Å²) in [6, 6.07) is 11.0. The van der Waals surface area contributed by atoms with Gasteiger partial charge in [0.05, 0.1) is 13.3 Å². The average molecular weight is 276 g/mol. The summed E-state index contributed by atoms with van der Waals surface area (Å²) in [5, 5.41) is 3.55. The molecule has 1 saturated heterocycles. The highest BCUT2D eigenvalue weighted by Crippen LogP contribution is 2.16. The lowest BCUT2D eigenvalue weighted by Crippen LogP contribution is -2.41. The summed E-state index contributed by atoms with van der Waals surface area (Å²) in [5.74, 6) is 0.770. The number of nitrogens with one attached hydrogen (secondary N) is 1. The van der Waals surface area contributed by atoms with Crippen LogP contribution in [0.4, 0.5) is 0 Å². The van der Waals surface area contributed by atoms with E-state index in [1.165, 1.54) is 24.9 Å². The van der Waals surface area contributed by atoms with Crippen molar-refractivity contribution in [3.05, 3.63) is 35.9 Å². The monoisotopic (exact) mass is 276 g/mol. The number of likely N-dealkylation sites (tertiary alicyclic amines) is 1. The zero-order valence-corrected chi connectivity index (χ0v) is 12.8. The Morgan fingerprint density at radius 1 is 1.30 bits per heavy atom. The molecule has 0 saturated carbocycles. The van der Waals surface area contributed by atoms with Crippen LogP contribution in [0.2, 0.25) is 0 Å². The molecule has 0 aliphatic carbocycles. The number of hydrogen-bond acceptors (Lipinski definition) is 3. The fraction of sp³-hybridized carbons (Fsp3) is 0.647. The zero-order valence-electron chi connectivity index (χ0n) is 12.8. The first-order valence-corrected chi connectivity index (χ1v) is 7.81.